The summed E-state index contributed by atoms with van der Waals surface area (Å²) in [6.45, 7) is 4.83. The number of rotatable bonds is 5. The lowest BCUT2D eigenvalue weighted by Crippen LogP contribution is -2.18. The van der Waals surface area contributed by atoms with Crippen molar-refractivity contribution in [1.29, 1.82) is 0 Å². The Labute approximate surface area is 126 Å². The number of carbonyl (C=O) groups excluding carboxylic acids is 1. The molecule has 0 saturated heterocycles. The number of thiazole rings is 1. The SMILES string of the molecule is CCNC(C)c1csc(NC(=O)c2cccc(O)c2O)n1. The van der Waals surface area contributed by atoms with E-state index in [2.05, 4.69) is 15.6 Å². The summed E-state index contributed by atoms with van der Waals surface area (Å²) in [4.78, 5) is 16.4. The molecule has 1 amide bonds. The number of para-hydroxylation sites is 1. The number of aromatic nitrogens is 1. The van der Waals surface area contributed by atoms with Crippen LogP contribution in [0.15, 0.2) is 23.6 Å². The molecule has 1 atom stereocenters. The highest BCUT2D eigenvalue weighted by Gasteiger charge is 2.16. The van der Waals surface area contributed by atoms with Crippen molar-refractivity contribution in [3.05, 3.63) is 34.8 Å². The first-order valence-corrected chi connectivity index (χ1v) is 7.42. The number of hydrogen-bond acceptors (Lipinski definition) is 6. The molecule has 0 bridgehead atoms. The Bertz CT molecular complexity index is 642. The van der Waals surface area contributed by atoms with Crippen molar-refractivity contribution >= 4 is 22.4 Å². The highest BCUT2D eigenvalue weighted by atomic mass is 32.1. The molecule has 6 nitrogen and oxygen atoms in total. The van der Waals surface area contributed by atoms with Crippen molar-refractivity contribution in [1.82, 2.24) is 10.3 Å². The third kappa shape index (κ3) is 3.50. The van der Waals surface area contributed by atoms with Gasteiger partial charge < -0.3 is 15.5 Å². The average Bonchev–Trinajstić information content (AvgIpc) is 2.90. The minimum atomic E-state index is -0.514. The molecule has 7 heteroatoms. The first-order chi connectivity index (χ1) is 10.0. The van der Waals surface area contributed by atoms with Gasteiger partial charge in [0, 0.05) is 11.4 Å². The van der Waals surface area contributed by atoms with E-state index in [1.54, 1.807) is 0 Å². The lowest BCUT2D eigenvalue weighted by atomic mass is 10.2. The molecule has 1 unspecified atom stereocenters. The molecule has 0 spiro atoms. The lowest BCUT2D eigenvalue weighted by molar-refractivity contribution is 0.102. The first kappa shape index (κ1) is 15.3. The molecule has 1 aromatic heterocycles. The number of nitrogens with zero attached hydrogens (tertiary/aromatic N) is 1. The highest BCUT2D eigenvalue weighted by molar-refractivity contribution is 7.14. The number of aromatic hydroxyl groups is 2. The van der Waals surface area contributed by atoms with Crippen LogP contribution >= 0.6 is 11.3 Å². The standard InChI is InChI=1S/C14H17N3O3S/c1-3-15-8(2)10-7-21-14(16-10)17-13(20)9-5-4-6-11(18)12(9)19/h4-8,15,18-19H,3H2,1-2H3,(H,16,17,20). The van der Waals surface area contributed by atoms with Gasteiger partial charge in [-0.2, -0.15) is 0 Å². The van der Waals surface area contributed by atoms with Crippen molar-refractivity contribution in [2.45, 2.75) is 19.9 Å². The van der Waals surface area contributed by atoms with Crippen LogP contribution in [0.3, 0.4) is 0 Å². The van der Waals surface area contributed by atoms with Crippen LogP contribution in [0, 0.1) is 0 Å². The fraction of sp³-hybridized carbons (Fsp3) is 0.286. The molecule has 0 aliphatic heterocycles. The van der Waals surface area contributed by atoms with Crippen LogP contribution < -0.4 is 10.6 Å². The van der Waals surface area contributed by atoms with E-state index in [4.69, 9.17) is 0 Å². The van der Waals surface area contributed by atoms with Gasteiger partial charge in [0.15, 0.2) is 16.6 Å². The summed E-state index contributed by atoms with van der Waals surface area (Å²) in [5.41, 5.74) is 0.851. The molecule has 2 rings (SSSR count). The second kappa shape index (κ2) is 6.55. The first-order valence-electron chi connectivity index (χ1n) is 6.54. The third-order valence-electron chi connectivity index (χ3n) is 2.96. The zero-order valence-electron chi connectivity index (χ0n) is 11.8. The van der Waals surface area contributed by atoms with E-state index in [1.165, 1.54) is 29.5 Å². The van der Waals surface area contributed by atoms with E-state index in [-0.39, 0.29) is 17.4 Å². The van der Waals surface area contributed by atoms with E-state index in [0.29, 0.717) is 5.13 Å². The molecule has 2 aromatic rings. The fourth-order valence-electron chi connectivity index (χ4n) is 1.83. The Morgan fingerprint density at radius 1 is 1.43 bits per heavy atom. The second-order valence-electron chi connectivity index (χ2n) is 4.48. The van der Waals surface area contributed by atoms with Gasteiger partial charge in [-0.05, 0) is 25.6 Å². The summed E-state index contributed by atoms with van der Waals surface area (Å²) >= 11 is 1.31. The summed E-state index contributed by atoms with van der Waals surface area (Å²) in [7, 11) is 0. The van der Waals surface area contributed by atoms with E-state index >= 15 is 0 Å². The second-order valence-corrected chi connectivity index (χ2v) is 5.34. The van der Waals surface area contributed by atoms with Gasteiger partial charge in [0.05, 0.1) is 11.3 Å². The van der Waals surface area contributed by atoms with Crippen molar-refractivity contribution < 1.29 is 15.0 Å². The predicted molar refractivity (Wildman–Crippen MR) is 81.9 cm³/mol. The van der Waals surface area contributed by atoms with E-state index < -0.39 is 11.7 Å². The Morgan fingerprint density at radius 3 is 2.90 bits per heavy atom. The van der Waals surface area contributed by atoms with E-state index in [9.17, 15) is 15.0 Å². The quantitative estimate of drug-likeness (QED) is 0.637. The smallest absolute Gasteiger partial charge is 0.261 e. The summed E-state index contributed by atoms with van der Waals surface area (Å²) in [6, 6.07) is 4.34. The number of anilines is 1. The number of phenols is 2. The topological polar surface area (TPSA) is 94.5 Å². The van der Waals surface area contributed by atoms with Crippen LogP contribution in [0.5, 0.6) is 11.5 Å². The van der Waals surface area contributed by atoms with Gasteiger partial charge in [0.1, 0.15) is 0 Å². The van der Waals surface area contributed by atoms with Crippen molar-refractivity contribution in [3.63, 3.8) is 0 Å². The Kier molecular flexibility index (Phi) is 4.77. The number of hydrogen-bond donors (Lipinski definition) is 4. The number of amides is 1. The normalized spacial score (nSPS) is 12.1. The van der Waals surface area contributed by atoms with Crippen LogP contribution in [0.25, 0.3) is 0 Å². The molecule has 0 aliphatic rings. The summed E-state index contributed by atoms with van der Waals surface area (Å²) in [5, 5.41) is 27.2. The molecular formula is C14H17N3O3S. The van der Waals surface area contributed by atoms with Gasteiger partial charge in [-0.3, -0.25) is 10.1 Å². The van der Waals surface area contributed by atoms with Crippen molar-refractivity contribution in [3.8, 4) is 11.5 Å². The number of carbonyl (C=O) groups is 1. The largest absolute Gasteiger partial charge is 0.504 e. The van der Waals surface area contributed by atoms with Gasteiger partial charge >= 0.3 is 0 Å². The van der Waals surface area contributed by atoms with Crippen LogP contribution in [-0.2, 0) is 0 Å². The minimum Gasteiger partial charge on any atom is -0.504 e. The van der Waals surface area contributed by atoms with Gasteiger partial charge in [-0.1, -0.05) is 13.0 Å². The maximum atomic E-state index is 12.1. The van der Waals surface area contributed by atoms with Crippen molar-refractivity contribution in [2.75, 3.05) is 11.9 Å². The minimum absolute atomic E-state index is 0.00600. The van der Waals surface area contributed by atoms with Gasteiger partial charge in [0.25, 0.3) is 5.91 Å². The molecule has 4 N–H and O–H groups in total. The van der Waals surface area contributed by atoms with Crippen LogP contribution in [0.1, 0.15) is 35.9 Å². The molecule has 0 aliphatic carbocycles. The van der Waals surface area contributed by atoms with Gasteiger partial charge in [0.2, 0.25) is 0 Å². The monoisotopic (exact) mass is 307 g/mol. The van der Waals surface area contributed by atoms with E-state index in [0.717, 1.165) is 12.2 Å². The maximum absolute atomic E-state index is 12.1. The van der Waals surface area contributed by atoms with Gasteiger partial charge in [-0.25, -0.2) is 4.98 Å². The zero-order chi connectivity index (χ0) is 15.4. The Hall–Kier alpha value is -2.12. The van der Waals surface area contributed by atoms with Gasteiger partial charge in [-0.15, -0.1) is 11.3 Å². The molecular weight excluding hydrogens is 290 g/mol. The van der Waals surface area contributed by atoms with E-state index in [1.807, 2.05) is 19.2 Å². The van der Waals surface area contributed by atoms with Crippen molar-refractivity contribution in [2.24, 2.45) is 0 Å². The number of benzene rings is 1. The van der Waals surface area contributed by atoms with Crippen LogP contribution in [0.2, 0.25) is 0 Å². The maximum Gasteiger partial charge on any atom is 0.261 e. The van der Waals surface area contributed by atoms with Crippen LogP contribution in [0.4, 0.5) is 5.13 Å². The number of nitrogens with one attached hydrogen (secondary N) is 2. The zero-order valence-corrected chi connectivity index (χ0v) is 12.6. The Balaban J connectivity index is 2.11. The molecule has 112 valence electrons. The lowest BCUT2D eigenvalue weighted by Gasteiger charge is -2.08. The molecule has 0 fully saturated rings. The highest BCUT2D eigenvalue weighted by Crippen LogP contribution is 2.29. The molecule has 21 heavy (non-hydrogen) atoms. The third-order valence-corrected chi connectivity index (χ3v) is 3.73. The predicted octanol–water partition coefficient (Wildman–Crippen LogP) is 2.48. The van der Waals surface area contributed by atoms with Crippen LogP contribution in [-0.4, -0.2) is 27.6 Å². The molecule has 1 aromatic carbocycles. The summed E-state index contributed by atoms with van der Waals surface area (Å²) < 4.78 is 0. The summed E-state index contributed by atoms with van der Waals surface area (Å²) in [5.74, 6) is -1.28. The fourth-order valence-corrected chi connectivity index (χ4v) is 2.63. The molecule has 1 heterocycles. The molecule has 0 saturated carbocycles. The average molecular weight is 307 g/mol. The molecule has 0 radical (unpaired) electrons. The number of phenolic OH excluding ortho intramolecular Hbond substituents is 2. The Morgan fingerprint density at radius 2 is 2.19 bits per heavy atom. The summed E-state index contributed by atoms with van der Waals surface area (Å²) in [6.07, 6.45) is 0.